The highest BCUT2D eigenvalue weighted by Gasteiger charge is 2.33. The van der Waals surface area contributed by atoms with Gasteiger partial charge in [-0.15, -0.1) is 0 Å². The van der Waals surface area contributed by atoms with Gasteiger partial charge in [-0.05, 0) is 44.0 Å². The van der Waals surface area contributed by atoms with Crippen LogP contribution in [-0.4, -0.2) is 18.1 Å². The average molecular weight is 274 g/mol. The van der Waals surface area contributed by atoms with Gasteiger partial charge in [0.15, 0.2) is 0 Å². The van der Waals surface area contributed by atoms with Crippen LogP contribution >= 0.6 is 0 Å². The van der Waals surface area contributed by atoms with Crippen LogP contribution in [0.4, 0.5) is 4.39 Å². The van der Waals surface area contributed by atoms with E-state index in [1.54, 1.807) is 12.3 Å². The second-order valence-electron chi connectivity index (χ2n) is 5.78. The van der Waals surface area contributed by atoms with Crippen molar-refractivity contribution < 1.29 is 8.81 Å². The number of hydrogen-bond acceptors (Lipinski definition) is 3. The third-order valence-electron chi connectivity index (χ3n) is 3.93. The third kappa shape index (κ3) is 2.75. The number of nitrogens with zero attached hydrogens (tertiary/aromatic N) is 1. The first-order valence-electron chi connectivity index (χ1n) is 7.06. The highest BCUT2D eigenvalue weighted by molar-refractivity contribution is 5.21. The maximum atomic E-state index is 13.2. The van der Waals surface area contributed by atoms with E-state index in [0.29, 0.717) is 6.42 Å². The van der Waals surface area contributed by atoms with Gasteiger partial charge in [0.25, 0.3) is 0 Å². The molecule has 0 unspecified atom stereocenters. The zero-order valence-corrected chi connectivity index (χ0v) is 11.7. The number of halogens is 1. The lowest BCUT2D eigenvalue weighted by molar-refractivity contribution is 0.268. The standard InChI is InChI=1S/C16H19FN2O/c1-16(6-3-7-18-11-16)15-19-10-14(20-15)9-12-4-2-5-13(17)8-12/h2,4-5,8,10,18H,3,6-7,9,11H2,1H3/t16-/m1/s1. The van der Waals surface area contributed by atoms with Crippen LogP contribution < -0.4 is 5.32 Å². The highest BCUT2D eigenvalue weighted by atomic mass is 19.1. The largest absolute Gasteiger partial charge is 0.445 e. The van der Waals surface area contributed by atoms with Crippen LogP contribution in [0, 0.1) is 5.82 Å². The van der Waals surface area contributed by atoms with Gasteiger partial charge in [-0.1, -0.05) is 12.1 Å². The molecule has 4 heteroatoms. The van der Waals surface area contributed by atoms with Gasteiger partial charge in [-0.25, -0.2) is 9.37 Å². The predicted octanol–water partition coefficient (Wildman–Crippen LogP) is 3.05. The Bertz CT molecular complexity index is 588. The van der Waals surface area contributed by atoms with Crippen molar-refractivity contribution in [2.24, 2.45) is 0 Å². The Kier molecular flexibility index (Phi) is 3.57. The zero-order chi connectivity index (χ0) is 14.0. The molecule has 0 amide bonds. The minimum Gasteiger partial charge on any atom is -0.445 e. The first kappa shape index (κ1) is 13.3. The molecule has 0 spiro atoms. The molecule has 106 valence electrons. The van der Waals surface area contributed by atoms with Crippen LogP contribution in [0.25, 0.3) is 0 Å². The number of benzene rings is 1. The van der Waals surface area contributed by atoms with Crippen molar-refractivity contribution in [2.75, 3.05) is 13.1 Å². The van der Waals surface area contributed by atoms with Crippen molar-refractivity contribution in [3.8, 4) is 0 Å². The summed E-state index contributed by atoms with van der Waals surface area (Å²) in [6, 6.07) is 6.60. The van der Waals surface area contributed by atoms with E-state index in [1.165, 1.54) is 12.1 Å². The third-order valence-corrected chi connectivity index (χ3v) is 3.93. The van der Waals surface area contributed by atoms with Gasteiger partial charge in [-0.2, -0.15) is 0 Å². The van der Waals surface area contributed by atoms with Gasteiger partial charge in [-0.3, -0.25) is 0 Å². The van der Waals surface area contributed by atoms with Gasteiger partial charge in [0.05, 0.1) is 11.6 Å². The monoisotopic (exact) mass is 274 g/mol. The summed E-state index contributed by atoms with van der Waals surface area (Å²) in [4.78, 5) is 4.43. The minimum absolute atomic E-state index is 0.0293. The first-order valence-corrected chi connectivity index (χ1v) is 7.06. The molecule has 1 aliphatic heterocycles. The Labute approximate surface area is 118 Å². The molecule has 2 heterocycles. The molecule has 1 aromatic carbocycles. The molecule has 1 fully saturated rings. The molecule has 20 heavy (non-hydrogen) atoms. The van der Waals surface area contributed by atoms with Crippen LogP contribution in [0.5, 0.6) is 0 Å². The summed E-state index contributed by atoms with van der Waals surface area (Å²) in [6.45, 7) is 4.14. The second-order valence-corrected chi connectivity index (χ2v) is 5.78. The van der Waals surface area contributed by atoms with Crippen molar-refractivity contribution in [1.29, 1.82) is 0 Å². The summed E-state index contributed by atoms with van der Waals surface area (Å²) >= 11 is 0. The van der Waals surface area contributed by atoms with Crippen LogP contribution in [0.3, 0.4) is 0 Å². The average Bonchev–Trinajstić information content (AvgIpc) is 2.89. The number of hydrogen-bond donors (Lipinski definition) is 1. The molecule has 2 aromatic rings. The van der Waals surface area contributed by atoms with Gasteiger partial charge < -0.3 is 9.73 Å². The maximum absolute atomic E-state index is 13.2. The molecule has 1 aromatic heterocycles. The van der Waals surface area contributed by atoms with E-state index in [9.17, 15) is 4.39 Å². The summed E-state index contributed by atoms with van der Waals surface area (Å²) in [5, 5.41) is 3.39. The molecule has 1 aliphatic rings. The molecular weight excluding hydrogens is 255 g/mol. The van der Waals surface area contributed by atoms with Gasteiger partial charge >= 0.3 is 0 Å². The number of aromatic nitrogens is 1. The molecule has 0 radical (unpaired) electrons. The van der Waals surface area contributed by atoms with Gasteiger partial charge in [0, 0.05) is 13.0 Å². The Balaban J connectivity index is 1.76. The van der Waals surface area contributed by atoms with E-state index in [-0.39, 0.29) is 11.2 Å². The fourth-order valence-electron chi connectivity index (χ4n) is 2.76. The van der Waals surface area contributed by atoms with E-state index in [1.807, 2.05) is 6.07 Å². The molecule has 1 atom stereocenters. The van der Waals surface area contributed by atoms with Crippen molar-refractivity contribution in [3.63, 3.8) is 0 Å². The van der Waals surface area contributed by atoms with E-state index in [4.69, 9.17) is 4.42 Å². The van der Waals surface area contributed by atoms with Crippen molar-refractivity contribution >= 4 is 0 Å². The smallest absolute Gasteiger partial charge is 0.201 e. The summed E-state index contributed by atoms with van der Waals surface area (Å²) < 4.78 is 19.1. The second kappa shape index (κ2) is 5.37. The fourth-order valence-corrected chi connectivity index (χ4v) is 2.76. The topological polar surface area (TPSA) is 38.1 Å². The molecule has 3 rings (SSSR count). The number of rotatable bonds is 3. The van der Waals surface area contributed by atoms with Crippen LogP contribution in [0.15, 0.2) is 34.9 Å². The lowest BCUT2D eigenvalue weighted by Gasteiger charge is -2.30. The maximum Gasteiger partial charge on any atom is 0.201 e. The van der Waals surface area contributed by atoms with E-state index < -0.39 is 0 Å². The van der Waals surface area contributed by atoms with Gasteiger partial charge in [0.1, 0.15) is 11.6 Å². The SMILES string of the molecule is C[C@@]1(c2ncc(Cc3cccc(F)c3)o2)CCCNC1. The van der Waals surface area contributed by atoms with Crippen LogP contribution in [-0.2, 0) is 11.8 Å². The quantitative estimate of drug-likeness (QED) is 0.935. The van der Waals surface area contributed by atoms with Crippen LogP contribution in [0.1, 0.15) is 37.0 Å². The van der Waals surface area contributed by atoms with E-state index in [2.05, 4.69) is 17.2 Å². The Morgan fingerprint density at radius 3 is 3.10 bits per heavy atom. The van der Waals surface area contributed by atoms with Crippen LogP contribution in [0.2, 0.25) is 0 Å². The Morgan fingerprint density at radius 2 is 2.35 bits per heavy atom. The summed E-state index contributed by atoms with van der Waals surface area (Å²) in [7, 11) is 0. The Morgan fingerprint density at radius 1 is 1.45 bits per heavy atom. The molecule has 3 nitrogen and oxygen atoms in total. The molecule has 0 bridgehead atoms. The normalized spacial score (nSPS) is 22.9. The molecule has 0 aliphatic carbocycles. The van der Waals surface area contributed by atoms with E-state index in [0.717, 1.165) is 43.1 Å². The summed E-state index contributed by atoms with van der Waals surface area (Å²) in [6.07, 6.45) is 4.56. The van der Waals surface area contributed by atoms with Crippen molar-refractivity contribution in [1.82, 2.24) is 10.3 Å². The summed E-state index contributed by atoms with van der Waals surface area (Å²) in [5.41, 5.74) is 0.873. The number of oxazole rings is 1. The lowest BCUT2D eigenvalue weighted by atomic mass is 9.83. The number of nitrogens with one attached hydrogen (secondary N) is 1. The number of piperidine rings is 1. The highest BCUT2D eigenvalue weighted by Crippen LogP contribution is 2.30. The molecular formula is C16H19FN2O. The summed E-state index contributed by atoms with van der Waals surface area (Å²) in [5.74, 6) is 1.36. The minimum atomic E-state index is -0.217. The van der Waals surface area contributed by atoms with E-state index >= 15 is 0 Å². The first-order chi connectivity index (χ1) is 9.66. The fraction of sp³-hybridized carbons (Fsp3) is 0.438. The molecule has 1 N–H and O–H groups in total. The zero-order valence-electron chi connectivity index (χ0n) is 11.7. The predicted molar refractivity (Wildman–Crippen MR) is 75.2 cm³/mol. The van der Waals surface area contributed by atoms with Crippen molar-refractivity contribution in [2.45, 2.75) is 31.6 Å². The molecule has 1 saturated heterocycles. The lowest BCUT2D eigenvalue weighted by Crippen LogP contribution is -2.41. The molecule has 0 saturated carbocycles. The van der Waals surface area contributed by atoms with Crippen molar-refractivity contribution in [3.05, 3.63) is 53.5 Å². The van der Waals surface area contributed by atoms with Gasteiger partial charge in [0.2, 0.25) is 5.89 Å². The Hall–Kier alpha value is -1.68.